The molecule has 0 aliphatic carbocycles. The Morgan fingerprint density at radius 1 is 1.47 bits per heavy atom. The van der Waals surface area contributed by atoms with E-state index < -0.39 is 24.1 Å². The molecule has 1 amide bonds. The van der Waals surface area contributed by atoms with Crippen LogP contribution >= 0.6 is 0 Å². The van der Waals surface area contributed by atoms with Crippen molar-refractivity contribution in [2.75, 3.05) is 0 Å². The summed E-state index contributed by atoms with van der Waals surface area (Å²) in [7, 11) is 0. The molecule has 1 aromatic heterocycles. The van der Waals surface area contributed by atoms with E-state index in [2.05, 4.69) is 18.4 Å². The van der Waals surface area contributed by atoms with Gasteiger partial charge in [-0.25, -0.2) is 9.59 Å². The van der Waals surface area contributed by atoms with Crippen molar-refractivity contribution in [3.63, 3.8) is 0 Å². The van der Waals surface area contributed by atoms with Gasteiger partial charge < -0.3 is 23.5 Å². The van der Waals surface area contributed by atoms with Gasteiger partial charge in [0.25, 0.3) is 5.91 Å². The fourth-order valence-corrected chi connectivity index (χ4v) is 1.50. The van der Waals surface area contributed by atoms with Crippen LogP contribution in [-0.4, -0.2) is 28.5 Å². The van der Waals surface area contributed by atoms with Crippen molar-refractivity contribution in [2.24, 2.45) is 0 Å². The number of nitrogens with zero attached hydrogens (tertiary/aromatic N) is 1. The van der Waals surface area contributed by atoms with E-state index in [1.54, 1.807) is 0 Å². The van der Waals surface area contributed by atoms with Gasteiger partial charge in [0.1, 0.15) is 0 Å². The number of carbonyl (C=O) groups is 2. The Morgan fingerprint density at radius 3 is 2.74 bits per heavy atom. The second-order valence-electron chi connectivity index (χ2n) is 3.80. The molecule has 1 aromatic rings. The van der Waals surface area contributed by atoms with E-state index in [9.17, 15) is 19.5 Å². The fraction of sp³-hybridized carbons (Fsp3) is 0.500. The molecule has 1 saturated heterocycles. The highest BCUT2D eigenvalue weighted by molar-refractivity contribution is 5.78. The first-order valence-electron chi connectivity index (χ1n) is 5.41. The van der Waals surface area contributed by atoms with Crippen molar-refractivity contribution in [1.82, 2.24) is 5.06 Å². The smallest absolute Gasteiger partial charge is 0.424 e. The number of amides is 1. The quantitative estimate of drug-likeness (QED) is 0.767. The zero-order valence-electron chi connectivity index (χ0n) is 9.95. The van der Waals surface area contributed by atoms with Crippen LogP contribution in [0.4, 0.5) is 4.79 Å². The normalized spacial score (nSPS) is 18.7. The Morgan fingerprint density at radius 2 is 2.21 bits per heavy atom. The maximum absolute atomic E-state index is 11.3. The Labute approximate surface area is 106 Å². The minimum atomic E-state index is -1.20. The van der Waals surface area contributed by atoms with Gasteiger partial charge in [0.2, 0.25) is 0 Å². The van der Waals surface area contributed by atoms with E-state index in [4.69, 9.17) is 0 Å². The van der Waals surface area contributed by atoms with E-state index in [0.29, 0.717) is 5.06 Å². The molecule has 9 nitrogen and oxygen atoms in total. The third kappa shape index (κ3) is 2.94. The molecule has 19 heavy (non-hydrogen) atoms. The van der Waals surface area contributed by atoms with Gasteiger partial charge >= 0.3 is 12.0 Å². The Hall–Kier alpha value is -2.29. The molecule has 0 saturated carbocycles. The number of aliphatic hydroxyl groups is 1. The summed E-state index contributed by atoms with van der Waals surface area (Å²) in [4.78, 5) is 37.7. The zero-order valence-corrected chi connectivity index (χ0v) is 9.95. The number of rotatable bonds is 3. The van der Waals surface area contributed by atoms with Crippen LogP contribution < -0.4 is 5.82 Å². The summed E-state index contributed by atoms with van der Waals surface area (Å²) >= 11 is 0. The van der Waals surface area contributed by atoms with Crippen LogP contribution in [0.15, 0.2) is 13.6 Å². The number of aliphatic hydroxyl groups excluding tert-OH is 1. The number of aryl methyl sites for hydroxylation is 1. The molecule has 0 radical (unpaired) electrons. The Kier molecular flexibility index (Phi) is 3.56. The molecular formula is C10H11NO8. The second-order valence-corrected chi connectivity index (χ2v) is 3.80. The first kappa shape index (κ1) is 13.1. The molecule has 1 atom stereocenters. The van der Waals surface area contributed by atoms with E-state index in [-0.39, 0.29) is 31.0 Å². The summed E-state index contributed by atoms with van der Waals surface area (Å²) in [6, 6.07) is 0. The molecule has 104 valence electrons. The van der Waals surface area contributed by atoms with Gasteiger partial charge in [-0.2, -0.15) is 0 Å². The molecule has 1 aliphatic heterocycles. The number of ether oxygens (including phenoxy) is 1. The van der Waals surface area contributed by atoms with Crippen molar-refractivity contribution in [3.05, 3.63) is 22.1 Å². The Balaban J connectivity index is 1.86. The molecule has 0 bridgehead atoms. The van der Waals surface area contributed by atoms with Crippen LogP contribution in [0.2, 0.25) is 0 Å². The van der Waals surface area contributed by atoms with Crippen LogP contribution in [0.1, 0.15) is 24.4 Å². The highest BCUT2D eigenvalue weighted by atomic mass is 16.8. The lowest BCUT2D eigenvalue weighted by atomic mass is 10.4. The average Bonchev–Trinajstić information content (AvgIpc) is 2.83. The number of hydrogen-bond donors (Lipinski definition) is 1. The monoisotopic (exact) mass is 273 g/mol. The minimum absolute atomic E-state index is 0.0373. The molecule has 2 heterocycles. The summed E-state index contributed by atoms with van der Waals surface area (Å²) in [6.45, 7) is 1.08. The summed E-state index contributed by atoms with van der Waals surface area (Å²) < 4.78 is 13.8. The summed E-state index contributed by atoms with van der Waals surface area (Å²) in [5.74, 6) is -1.21. The van der Waals surface area contributed by atoms with Crippen molar-refractivity contribution in [3.8, 4) is 0 Å². The standard InChI is InChI=1S/C10H11NO8/c1-5-6(18-10(15)17-5)4-16-9(14)19-11-7(12)2-3-8(11)13/h7,12H,2-4H2,1H3. The molecule has 2 rings (SSSR count). The van der Waals surface area contributed by atoms with Gasteiger partial charge in [0.05, 0.1) is 0 Å². The summed E-state index contributed by atoms with van der Waals surface area (Å²) in [5, 5.41) is 9.88. The molecular weight excluding hydrogens is 262 g/mol. The van der Waals surface area contributed by atoms with Crippen LogP contribution in [0, 0.1) is 6.92 Å². The molecule has 0 aromatic carbocycles. The Bertz CT molecular complexity index is 544. The number of hydrogen-bond acceptors (Lipinski definition) is 8. The topological polar surface area (TPSA) is 119 Å². The van der Waals surface area contributed by atoms with Crippen molar-refractivity contribution >= 4 is 12.1 Å². The van der Waals surface area contributed by atoms with E-state index >= 15 is 0 Å². The largest absolute Gasteiger partial charge is 0.534 e. The predicted molar refractivity (Wildman–Crippen MR) is 55.3 cm³/mol. The summed E-state index contributed by atoms with van der Waals surface area (Å²) in [5.41, 5.74) is 0. The van der Waals surface area contributed by atoms with Crippen LogP contribution in [-0.2, 0) is 21.0 Å². The summed E-state index contributed by atoms with van der Waals surface area (Å²) in [6.07, 6.45) is -2.10. The second kappa shape index (κ2) is 5.14. The van der Waals surface area contributed by atoms with Crippen molar-refractivity contribution in [1.29, 1.82) is 0 Å². The first-order chi connectivity index (χ1) is 8.97. The number of carbonyl (C=O) groups excluding carboxylic acids is 2. The SMILES string of the molecule is Cc1oc(=O)oc1COC(=O)ON1C(=O)CCC1O. The molecule has 1 unspecified atom stereocenters. The van der Waals surface area contributed by atoms with Gasteiger partial charge in [-0.1, -0.05) is 0 Å². The first-order valence-corrected chi connectivity index (χ1v) is 5.41. The highest BCUT2D eigenvalue weighted by Gasteiger charge is 2.33. The van der Waals surface area contributed by atoms with E-state index in [1.807, 2.05) is 0 Å². The van der Waals surface area contributed by atoms with Gasteiger partial charge in [-0.3, -0.25) is 4.79 Å². The lowest BCUT2D eigenvalue weighted by Crippen LogP contribution is -2.35. The predicted octanol–water partition coefficient (Wildman–Crippen LogP) is 0.0502. The lowest BCUT2D eigenvalue weighted by molar-refractivity contribution is -0.200. The van der Waals surface area contributed by atoms with Crippen LogP contribution in [0.25, 0.3) is 0 Å². The van der Waals surface area contributed by atoms with E-state index in [0.717, 1.165) is 0 Å². The van der Waals surface area contributed by atoms with Crippen molar-refractivity contribution < 1.29 is 33.1 Å². The molecule has 1 aliphatic rings. The number of hydroxylamine groups is 2. The third-order valence-electron chi connectivity index (χ3n) is 2.46. The molecule has 0 spiro atoms. The van der Waals surface area contributed by atoms with Gasteiger partial charge in [-0.05, 0) is 6.92 Å². The van der Waals surface area contributed by atoms with Gasteiger partial charge in [0.15, 0.2) is 24.4 Å². The zero-order chi connectivity index (χ0) is 14.0. The molecule has 9 heteroatoms. The molecule has 1 fully saturated rings. The molecule has 1 N–H and O–H groups in total. The van der Waals surface area contributed by atoms with Crippen LogP contribution in [0.5, 0.6) is 0 Å². The maximum Gasteiger partial charge on any atom is 0.534 e. The van der Waals surface area contributed by atoms with Gasteiger partial charge in [0, 0.05) is 12.8 Å². The van der Waals surface area contributed by atoms with Gasteiger partial charge in [-0.15, -0.1) is 5.06 Å². The maximum atomic E-state index is 11.3. The minimum Gasteiger partial charge on any atom is -0.424 e. The highest BCUT2D eigenvalue weighted by Crippen LogP contribution is 2.17. The average molecular weight is 273 g/mol. The van der Waals surface area contributed by atoms with Crippen LogP contribution in [0.3, 0.4) is 0 Å². The third-order valence-corrected chi connectivity index (χ3v) is 2.46. The fourth-order valence-electron chi connectivity index (χ4n) is 1.50. The van der Waals surface area contributed by atoms with Crippen molar-refractivity contribution in [2.45, 2.75) is 32.6 Å². The lowest BCUT2D eigenvalue weighted by Gasteiger charge is -2.17. The van der Waals surface area contributed by atoms with E-state index in [1.165, 1.54) is 6.92 Å².